The highest BCUT2D eigenvalue weighted by Gasteiger charge is 2.46. The van der Waals surface area contributed by atoms with Crippen molar-refractivity contribution in [2.24, 2.45) is 0 Å². The number of phenols is 1. The number of ketones is 1. The van der Waals surface area contributed by atoms with Crippen LogP contribution in [0.5, 0.6) is 11.5 Å². The number of Topliss-reactive ketones (excluding diaryl/α,β-unsaturated/α-hetero) is 1. The molecule has 2 aromatic carbocycles. The molecule has 2 aliphatic heterocycles. The van der Waals surface area contributed by atoms with Crippen molar-refractivity contribution in [1.29, 1.82) is 0 Å². The third kappa shape index (κ3) is 4.51. The molecule has 1 atom stereocenters. The number of morpholine rings is 1. The molecule has 8 nitrogen and oxygen atoms in total. The van der Waals surface area contributed by atoms with Gasteiger partial charge in [-0.25, -0.2) is 0 Å². The van der Waals surface area contributed by atoms with Crippen molar-refractivity contribution in [3.05, 3.63) is 64.2 Å². The van der Waals surface area contributed by atoms with Crippen LogP contribution >= 0.6 is 0 Å². The number of phenolic OH excluding ortho intramolecular Hbond substituents is 1. The highest BCUT2D eigenvalue weighted by molar-refractivity contribution is 6.46. The molecule has 2 N–H and O–H groups in total. The predicted molar refractivity (Wildman–Crippen MR) is 127 cm³/mol. The first-order valence-corrected chi connectivity index (χ1v) is 11.3. The van der Waals surface area contributed by atoms with Crippen molar-refractivity contribution in [1.82, 2.24) is 9.80 Å². The number of aryl methyl sites for hydroxylation is 2. The SMILES string of the molecule is COc1ccc([C@H]2C(=C(O)c3cc(C)c(C)cc3O)C(=O)C(=O)N2CCN2CCOCC2)cc1. The number of rotatable bonds is 6. The van der Waals surface area contributed by atoms with Gasteiger partial charge < -0.3 is 24.6 Å². The molecular formula is C26H30N2O6. The van der Waals surface area contributed by atoms with Gasteiger partial charge in [0, 0.05) is 26.2 Å². The van der Waals surface area contributed by atoms with Crippen LogP contribution in [0.3, 0.4) is 0 Å². The lowest BCUT2D eigenvalue weighted by Gasteiger charge is -2.31. The quantitative estimate of drug-likeness (QED) is 0.384. The van der Waals surface area contributed by atoms with Crippen molar-refractivity contribution in [2.45, 2.75) is 19.9 Å². The summed E-state index contributed by atoms with van der Waals surface area (Å²) in [7, 11) is 1.56. The molecule has 2 heterocycles. The maximum Gasteiger partial charge on any atom is 0.295 e. The zero-order valence-corrected chi connectivity index (χ0v) is 19.7. The van der Waals surface area contributed by atoms with E-state index >= 15 is 0 Å². The highest BCUT2D eigenvalue weighted by Crippen LogP contribution is 2.41. The van der Waals surface area contributed by atoms with E-state index in [9.17, 15) is 19.8 Å². The first-order valence-electron chi connectivity index (χ1n) is 11.3. The predicted octanol–water partition coefficient (Wildman–Crippen LogP) is 2.77. The summed E-state index contributed by atoms with van der Waals surface area (Å²) in [5.74, 6) is -1.32. The monoisotopic (exact) mass is 466 g/mol. The lowest BCUT2D eigenvalue weighted by atomic mass is 9.93. The van der Waals surface area contributed by atoms with Gasteiger partial charge in [0.25, 0.3) is 11.7 Å². The molecule has 4 rings (SSSR count). The van der Waals surface area contributed by atoms with E-state index in [1.54, 1.807) is 43.5 Å². The number of amides is 1. The van der Waals surface area contributed by atoms with Crippen LogP contribution in [-0.4, -0.2) is 78.2 Å². The van der Waals surface area contributed by atoms with Crippen LogP contribution in [0.1, 0.15) is 28.3 Å². The Morgan fingerprint density at radius 1 is 1.06 bits per heavy atom. The molecule has 34 heavy (non-hydrogen) atoms. The summed E-state index contributed by atoms with van der Waals surface area (Å²) in [5.41, 5.74) is 2.48. The Balaban J connectivity index is 1.78. The van der Waals surface area contributed by atoms with Gasteiger partial charge in [0.05, 0.1) is 37.5 Å². The van der Waals surface area contributed by atoms with Gasteiger partial charge in [-0.2, -0.15) is 0 Å². The fourth-order valence-corrected chi connectivity index (χ4v) is 4.45. The summed E-state index contributed by atoms with van der Waals surface area (Å²) in [5, 5.41) is 21.8. The normalized spacial score (nSPS) is 20.7. The lowest BCUT2D eigenvalue weighted by molar-refractivity contribution is -0.140. The number of ether oxygens (including phenoxy) is 2. The maximum atomic E-state index is 13.2. The second-order valence-electron chi connectivity index (χ2n) is 8.67. The van der Waals surface area contributed by atoms with Crippen molar-refractivity contribution in [2.75, 3.05) is 46.5 Å². The second kappa shape index (κ2) is 9.87. The molecule has 180 valence electrons. The number of benzene rings is 2. The zero-order valence-electron chi connectivity index (χ0n) is 19.7. The van der Waals surface area contributed by atoms with Gasteiger partial charge in [-0.05, 0) is 54.8 Å². The number of aromatic hydroxyl groups is 1. The van der Waals surface area contributed by atoms with Crippen LogP contribution in [-0.2, 0) is 14.3 Å². The van der Waals surface area contributed by atoms with E-state index in [0.717, 1.165) is 24.2 Å². The summed E-state index contributed by atoms with van der Waals surface area (Å²) < 4.78 is 10.6. The largest absolute Gasteiger partial charge is 0.507 e. The van der Waals surface area contributed by atoms with Crippen molar-refractivity contribution < 1.29 is 29.3 Å². The minimum Gasteiger partial charge on any atom is -0.507 e. The number of hydrogen-bond acceptors (Lipinski definition) is 7. The third-order valence-corrected chi connectivity index (χ3v) is 6.60. The number of aliphatic hydroxyl groups is 1. The van der Waals surface area contributed by atoms with E-state index < -0.39 is 17.7 Å². The fraction of sp³-hybridized carbons (Fsp3) is 0.385. The van der Waals surface area contributed by atoms with E-state index in [-0.39, 0.29) is 22.6 Å². The number of carbonyl (C=O) groups excluding carboxylic acids is 2. The van der Waals surface area contributed by atoms with Crippen LogP contribution in [0.4, 0.5) is 0 Å². The molecule has 0 bridgehead atoms. The van der Waals surface area contributed by atoms with Crippen molar-refractivity contribution in [3.8, 4) is 11.5 Å². The smallest absolute Gasteiger partial charge is 0.295 e. The molecule has 1 amide bonds. The maximum absolute atomic E-state index is 13.2. The van der Waals surface area contributed by atoms with E-state index in [2.05, 4.69) is 4.90 Å². The summed E-state index contributed by atoms with van der Waals surface area (Å²) in [4.78, 5) is 30.0. The minimum atomic E-state index is -0.784. The van der Waals surface area contributed by atoms with Gasteiger partial charge in [0.15, 0.2) is 0 Å². The molecule has 0 spiro atoms. The molecule has 0 unspecified atom stereocenters. The van der Waals surface area contributed by atoms with Crippen LogP contribution in [0.15, 0.2) is 42.0 Å². The molecule has 2 aliphatic rings. The standard InChI is InChI=1S/C26H30N2O6/c1-16-14-20(21(29)15-17(16)2)24(30)22-23(18-4-6-19(33-3)7-5-18)28(26(32)25(22)31)9-8-27-10-12-34-13-11-27/h4-7,14-15,23,29-30H,8-13H2,1-3H3/t23-/m0/s1. The first kappa shape index (κ1) is 23.8. The average molecular weight is 467 g/mol. The van der Waals surface area contributed by atoms with Crippen LogP contribution < -0.4 is 4.74 Å². The van der Waals surface area contributed by atoms with Crippen molar-refractivity contribution in [3.63, 3.8) is 0 Å². The van der Waals surface area contributed by atoms with Gasteiger partial charge in [-0.15, -0.1) is 0 Å². The average Bonchev–Trinajstić information content (AvgIpc) is 3.10. The molecule has 2 fully saturated rings. The Bertz CT molecular complexity index is 1120. The van der Waals surface area contributed by atoms with Gasteiger partial charge in [-0.1, -0.05) is 12.1 Å². The first-order chi connectivity index (χ1) is 16.3. The van der Waals surface area contributed by atoms with E-state index in [0.29, 0.717) is 37.6 Å². The van der Waals surface area contributed by atoms with Crippen LogP contribution in [0.2, 0.25) is 0 Å². The summed E-state index contributed by atoms with van der Waals surface area (Å²) in [6.45, 7) is 7.38. The van der Waals surface area contributed by atoms with Gasteiger partial charge in [0.2, 0.25) is 0 Å². The fourth-order valence-electron chi connectivity index (χ4n) is 4.45. The molecular weight excluding hydrogens is 436 g/mol. The Kier molecular flexibility index (Phi) is 6.90. The number of aliphatic hydroxyl groups excluding tert-OH is 1. The number of hydrogen-bond donors (Lipinski definition) is 2. The Hall–Kier alpha value is -3.36. The number of carbonyl (C=O) groups is 2. The molecule has 2 saturated heterocycles. The van der Waals surface area contributed by atoms with Crippen molar-refractivity contribution >= 4 is 17.4 Å². The minimum absolute atomic E-state index is 0.0318. The van der Waals surface area contributed by atoms with Gasteiger partial charge in [-0.3, -0.25) is 14.5 Å². The summed E-state index contributed by atoms with van der Waals surface area (Å²) in [6.07, 6.45) is 0. The number of methoxy groups -OCH3 is 1. The molecule has 0 saturated carbocycles. The molecule has 0 aromatic heterocycles. The van der Waals surface area contributed by atoms with Crippen LogP contribution in [0.25, 0.3) is 5.76 Å². The van der Waals surface area contributed by atoms with Gasteiger partial charge >= 0.3 is 0 Å². The molecule has 0 radical (unpaired) electrons. The number of likely N-dealkylation sites (tertiary alicyclic amines) is 1. The molecule has 0 aliphatic carbocycles. The van der Waals surface area contributed by atoms with E-state index in [1.165, 1.54) is 4.90 Å². The Morgan fingerprint density at radius 2 is 1.71 bits per heavy atom. The van der Waals surface area contributed by atoms with E-state index in [1.807, 2.05) is 13.8 Å². The molecule has 8 heteroatoms. The molecule has 2 aromatic rings. The van der Waals surface area contributed by atoms with Crippen LogP contribution in [0, 0.1) is 13.8 Å². The van der Waals surface area contributed by atoms with E-state index in [4.69, 9.17) is 9.47 Å². The number of nitrogens with zero attached hydrogens (tertiary/aromatic N) is 2. The Morgan fingerprint density at radius 3 is 2.35 bits per heavy atom. The second-order valence-corrected chi connectivity index (χ2v) is 8.67. The Labute approximate surface area is 199 Å². The topological polar surface area (TPSA) is 99.5 Å². The highest BCUT2D eigenvalue weighted by atomic mass is 16.5. The summed E-state index contributed by atoms with van der Waals surface area (Å²) >= 11 is 0. The third-order valence-electron chi connectivity index (χ3n) is 6.60. The zero-order chi connectivity index (χ0) is 24.4. The van der Waals surface area contributed by atoms with Gasteiger partial charge in [0.1, 0.15) is 17.3 Å². The lowest BCUT2D eigenvalue weighted by Crippen LogP contribution is -2.42. The summed E-state index contributed by atoms with van der Waals surface area (Å²) in [6, 6.07) is 9.46.